The molecule has 1 saturated heterocycles. The topological polar surface area (TPSA) is 202 Å². The Labute approximate surface area is 435 Å². The van der Waals surface area contributed by atoms with Gasteiger partial charge in [-0.25, -0.2) is 0 Å². The van der Waals surface area contributed by atoms with Crippen LogP contribution in [-0.2, 0) is 16.0 Å². The van der Waals surface area contributed by atoms with E-state index >= 15 is 4.79 Å². The largest absolute Gasteiger partial charge is 0.504 e. The Morgan fingerprint density at radius 3 is 2.57 bits per heavy atom. The molecule has 8 aliphatic rings. The average Bonchev–Trinajstić information content (AvgIpc) is 4.15. The second-order valence-corrected chi connectivity index (χ2v) is 23.8. The van der Waals surface area contributed by atoms with Crippen LogP contribution in [0, 0.1) is 58.2 Å². The molecule has 12 rings (SSSR count). The fourth-order valence-corrected chi connectivity index (χ4v) is 17.4. The number of benzene rings is 3. The number of aromatic hydroxyl groups is 1. The van der Waals surface area contributed by atoms with E-state index in [0.29, 0.717) is 91.3 Å². The van der Waals surface area contributed by atoms with Crippen LogP contribution in [0.2, 0.25) is 0 Å². The highest BCUT2D eigenvalue weighted by molar-refractivity contribution is 5.89. The van der Waals surface area contributed by atoms with E-state index in [0.717, 1.165) is 59.8 Å². The molecule has 4 aromatic rings. The van der Waals surface area contributed by atoms with Gasteiger partial charge in [0.1, 0.15) is 11.2 Å². The van der Waals surface area contributed by atoms with Crippen LogP contribution in [0.3, 0.4) is 0 Å². The molecule has 12 nitrogen and oxygen atoms in total. The molecular formula is C62H75N5O7. The minimum atomic E-state index is -1.32. The molecule has 0 bridgehead atoms. The van der Waals surface area contributed by atoms with Gasteiger partial charge in [0, 0.05) is 61.5 Å². The van der Waals surface area contributed by atoms with Crippen molar-refractivity contribution >= 4 is 22.3 Å². The first kappa shape index (κ1) is 49.5. The fourth-order valence-electron chi connectivity index (χ4n) is 17.4. The summed E-state index contributed by atoms with van der Waals surface area (Å²) in [7, 11) is 3.58. The number of hydrogen-bond donors (Lipinski definition) is 9. The average molecular weight is 1000 g/mol. The maximum absolute atomic E-state index is 15.0. The van der Waals surface area contributed by atoms with Gasteiger partial charge in [-0.1, -0.05) is 73.2 Å². The molecule has 4 saturated carbocycles. The summed E-state index contributed by atoms with van der Waals surface area (Å²) in [5.74, 6) is 9.70. The van der Waals surface area contributed by atoms with Crippen molar-refractivity contribution in [3.8, 4) is 23.3 Å². The molecular weight excluding hydrogens is 927 g/mol. The number of hydrogen-bond acceptors (Lipinski definition) is 11. The van der Waals surface area contributed by atoms with E-state index < -0.39 is 29.6 Å². The van der Waals surface area contributed by atoms with Crippen molar-refractivity contribution in [1.82, 2.24) is 20.9 Å². The van der Waals surface area contributed by atoms with Crippen LogP contribution < -0.4 is 26.4 Å². The smallest absolute Gasteiger partial charge is 0.160 e. The number of aliphatic hydroxyl groups excluding tert-OH is 3. The number of dihydropyridines is 1. The third-order valence-corrected chi connectivity index (χ3v) is 20.5. The summed E-state index contributed by atoms with van der Waals surface area (Å²) in [6.45, 7) is 2.32. The number of aryl methyl sites for hydroxylation is 1. The standard InChI is InChI=1S/C62H75N5O7/c1-64-32-46-57-58-47(33-67-48-29-41(68)28-45(56(48)58)42-16-22-66-60(42)57)61(17-5-6-18-61)59(46)40-14-20-62(54(73)26-40)19-13-38(44-31-51(71)52(74-2)25-37(44)11-12-53(62)72)24-49(69)50(70)30-43(39-15-21-65-55(63)27-39)36-10-9-34-7-3-4-8-35(34)23-36/h3-4,7-10,15-16,22-23,25,27,31,38,40,43,45-50,54,56-59,64-67,69-71,73H,5-6,11-12,14,17-18,20-21,24,26,28-30,32-33,63H2,1-2H3/t38-,40-,43+,45+,46+,47-,48-,49+,50-,54-,56+,57-,58-,59-,62+/m1/s1. The predicted octanol–water partition coefficient (Wildman–Crippen LogP) is 7.34. The lowest BCUT2D eigenvalue weighted by Crippen LogP contribution is -2.68. The molecule has 390 valence electrons. The number of aromatic amines is 1. The summed E-state index contributed by atoms with van der Waals surface area (Å²) in [6.07, 6.45) is 11.0. The van der Waals surface area contributed by atoms with E-state index in [4.69, 9.17) is 10.5 Å². The van der Waals surface area contributed by atoms with E-state index in [2.05, 4.69) is 88.5 Å². The monoisotopic (exact) mass is 1000 g/mol. The summed E-state index contributed by atoms with van der Waals surface area (Å²) in [5.41, 5.74) is 11.1. The molecule has 10 N–H and O–H groups in total. The fraction of sp³-hybridized carbons (Fsp3) is 0.548. The maximum Gasteiger partial charge on any atom is 0.160 e. The van der Waals surface area contributed by atoms with Gasteiger partial charge in [-0.15, -0.1) is 0 Å². The van der Waals surface area contributed by atoms with Gasteiger partial charge < -0.3 is 51.8 Å². The minimum Gasteiger partial charge on any atom is -0.504 e. The number of rotatable bonds is 11. The molecule has 12 heteroatoms. The van der Waals surface area contributed by atoms with Crippen LogP contribution in [0.4, 0.5) is 0 Å². The third kappa shape index (κ3) is 8.23. The number of aliphatic hydroxyl groups is 3. The number of allylic oxidation sites excluding steroid dienone is 2. The first-order chi connectivity index (χ1) is 35.9. The Balaban J connectivity index is 0.867. The van der Waals surface area contributed by atoms with E-state index in [9.17, 15) is 25.2 Å². The number of H-pyrrole nitrogens is 1. The van der Waals surface area contributed by atoms with Gasteiger partial charge in [-0.2, -0.15) is 0 Å². The van der Waals surface area contributed by atoms with Crippen LogP contribution in [0.5, 0.6) is 11.5 Å². The molecule has 74 heavy (non-hydrogen) atoms. The molecule has 0 radical (unpaired) electrons. The first-order valence-corrected chi connectivity index (χ1v) is 27.9. The SMILES string of the molecule is CNC[C@H]1[C@H]2c3[nH]ccc3[C@@H]3CC(=O)C[C@H]4NC[C@H]([C@@H]2[C@H]43)C2(CCCC2)[C@@H]1[C@@H]1CC[C@]2(C#C[C@H](C[C@H](O)[C@H](O)C[C@H](C3=CCNC(N)=C3)c3ccc4ccccc4c3)c3cc(O)c(OC)cc3CCC2=O)[C@H](O)C1. The Morgan fingerprint density at radius 2 is 1.78 bits per heavy atom. The second-order valence-electron chi connectivity index (χ2n) is 23.8. The lowest BCUT2D eigenvalue weighted by Gasteiger charge is -2.67. The number of phenols is 1. The number of carbonyl (C=O) groups excluding carboxylic acids is 2. The number of ketones is 2. The normalized spacial score (nSPS) is 34.0. The second kappa shape index (κ2) is 19.6. The highest BCUT2D eigenvalue weighted by Crippen LogP contribution is 2.71. The number of ether oxygens (including phenoxy) is 1. The molecule has 2 spiro atoms. The molecule has 2 aliphatic heterocycles. The van der Waals surface area contributed by atoms with E-state index in [1.54, 1.807) is 12.1 Å². The van der Waals surface area contributed by atoms with Gasteiger partial charge in [-0.3, -0.25) is 9.59 Å². The number of fused-ring (bicyclic) bond motifs is 6. The van der Waals surface area contributed by atoms with Gasteiger partial charge in [-0.05, 0) is 181 Å². The first-order valence-electron chi connectivity index (χ1n) is 27.9. The van der Waals surface area contributed by atoms with E-state index in [1.807, 2.05) is 18.2 Å². The van der Waals surface area contributed by atoms with Crippen molar-refractivity contribution < 1.29 is 34.8 Å². The number of Topliss-reactive ketones (excluding diaryl/α,β-unsaturated/α-hetero) is 2. The molecule has 1 aromatic heterocycles. The Morgan fingerprint density at radius 1 is 0.959 bits per heavy atom. The summed E-state index contributed by atoms with van der Waals surface area (Å²) in [5, 5.41) is 61.6. The van der Waals surface area contributed by atoms with Crippen LogP contribution >= 0.6 is 0 Å². The highest BCUT2D eigenvalue weighted by Gasteiger charge is 2.68. The predicted molar refractivity (Wildman–Crippen MR) is 285 cm³/mol. The summed E-state index contributed by atoms with van der Waals surface area (Å²) >= 11 is 0. The zero-order valence-corrected chi connectivity index (χ0v) is 43.0. The molecule has 15 atom stereocenters. The molecule has 5 fully saturated rings. The van der Waals surface area contributed by atoms with Gasteiger partial charge in [0.15, 0.2) is 17.3 Å². The number of methoxy groups -OCH3 is 1. The number of aromatic nitrogens is 1. The Bertz CT molecular complexity index is 2940. The number of nitrogens with one attached hydrogen (secondary N) is 4. The number of carbonyl (C=O) groups is 2. The van der Waals surface area contributed by atoms with E-state index in [1.165, 1.54) is 31.2 Å². The van der Waals surface area contributed by atoms with Crippen LogP contribution in [0.15, 0.2) is 90.4 Å². The third-order valence-electron chi connectivity index (χ3n) is 20.5. The molecule has 0 amide bonds. The maximum atomic E-state index is 15.0. The lowest BCUT2D eigenvalue weighted by atomic mass is 9.39. The van der Waals surface area contributed by atoms with Crippen molar-refractivity contribution in [3.05, 3.63) is 118 Å². The number of phenolic OH excluding ortho intramolecular Hbond substituents is 1. The van der Waals surface area contributed by atoms with Crippen LogP contribution in [-0.4, -0.2) is 95.1 Å². The summed E-state index contributed by atoms with van der Waals surface area (Å²) < 4.78 is 5.58. The van der Waals surface area contributed by atoms with Crippen molar-refractivity contribution in [2.75, 3.05) is 33.8 Å². The van der Waals surface area contributed by atoms with Crippen molar-refractivity contribution in [3.63, 3.8) is 0 Å². The van der Waals surface area contributed by atoms with Crippen LogP contribution in [0.25, 0.3) is 10.8 Å². The molecule has 3 heterocycles. The summed E-state index contributed by atoms with van der Waals surface area (Å²) in [4.78, 5) is 32.1. The minimum absolute atomic E-state index is 0.0326. The van der Waals surface area contributed by atoms with Crippen LogP contribution in [0.1, 0.15) is 129 Å². The number of piperidine rings is 1. The highest BCUT2D eigenvalue weighted by atomic mass is 16.5. The van der Waals surface area contributed by atoms with Gasteiger partial charge in [0.25, 0.3) is 0 Å². The zero-order valence-electron chi connectivity index (χ0n) is 43.0. The molecule has 3 aromatic carbocycles. The van der Waals surface area contributed by atoms with E-state index in [-0.39, 0.29) is 65.8 Å². The Kier molecular flexibility index (Phi) is 13.1. The van der Waals surface area contributed by atoms with Gasteiger partial charge in [0.05, 0.1) is 31.2 Å². The Hall–Kier alpha value is -5.42. The van der Waals surface area contributed by atoms with Crippen molar-refractivity contribution in [1.29, 1.82) is 0 Å². The number of nitrogens with two attached hydrogens (primary N) is 1. The molecule has 0 unspecified atom stereocenters. The lowest BCUT2D eigenvalue weighted by molar-refractivity contribution is -0.160. The van der Waals surface area contributed by atoms with Gasteiger partial charge >= 0.3 is 0 Å². The van der Waals surface area contributed by atoms with Crippen molar-refractivity contribution in [2.24, 2.45) is 52.1 Å². The summed E-state index contributed by atoms with van der Waals surface area (Å²) in [6, 6.07) is 20.3. The van der Waals surface area contributed by atoms with Gasteiger partial charge in [0.2, 0.25) is 0 Å². The molecule has 6 aliphatic carbocycles. The zero-order chi connectivity index (χ0) is 51.0. The quantitative estimate of drug-likeness (QED) is 0.0681. The van der Waals surface area contributed by atoms with Crippen molar-refractivity contribution in [2.45, 2.75) is 131 Å².